The number of carbonyl (C=O) groups excluding carboxylic acids is 1. The van der Waals surface area contributed by atoms with Crippen LogP contribution in [0, 0.1) is 0 Å². The fourth-order valence-electron chi connectivity index (χ4n) is 3.92. The van der Waals surface area contributed by atoms with Crippen LogP contribution >= 0.6 is 12.4 Å². The van der Waals surface area contributed by atoms with Gasteiger partial charge in [-0.05, 0) is 60.5 Å². The van der Waals surface area contributed by atoms with Crippen LogP contribution in [0.1, 0.15) is 16.8 Å². The zero-order chi connectivity index (χ0) is 25.0. The van der Waals surface area contributed by atoms with Crippen molar-refractivity contribution >= 4 is 34.0 Å². The van der Waals surface area contributed by atoms with E-state index in [1.807, 2.05) is 6.07 Å². The van der Waals surface area contributed by atoms with Crippen molar-refractivity contribution in [2.75, 3.05) is 39.0 Å². The van der Waals surface area contributed by atoms with Crippen molar-refractivity contribution in [3.63, 3.8) is 0 Å². The molecule has 0 unspecified atom stereocenters. The molecule has 8 nitrogen and oxygen atoms in total. The SMILES string of the molecule is COc1ccc(-c2cccc(C(=O)N(C)C)c2)cc1S(=O)(=O)Nc1cccc(O[C@H]2CCNC2)c1.Cl. The standard InChI is InChI=1S/C26H29N3O5S.ClH/c1-29(2)26(30)20-7-4-6-18(14-20)19-10-11-24(33-3)25(15-19)35(31,32)28-21-8-5-9-22(16-21)34-23-12-13-27-17-23;/h4-11,14-16,23,27-28H,12-13,17H2,1-3H3;1H/t23-;/m0./s1. The minimum absolute atomic E-state index is 0. The topological polar surface area (TPSA) is 97.0 Å². The summed E-state index contributed by atoms with van der Waals surface area (Å²) < 4.78 is 40.7. The van der Waals surface area contributed by atoms with Crippen molar-refractivity contribution in [1.29, 1.82) is 0 Å². The molecule has 0 radical (unpaired) electrons. The Morgan fingerprint density at radius 2 is 1.78 bits per heavy atom. The molecule has 192 valence electrons. The third-order valence-corrected chi connectivity index (χ3v) is 7.11. The highest BCUT2D eigenvalue weighted by Gasteiger charge is 2.22. The smallest absolute Gasteiger partial charge is 0.265 e. The molecule has 1 saturated heterocycles. The molecule has 4 rings (SSSR count). The molecule has 3 aromatic carbocycles. The van der Waals surface area contributed by atoms with Crippen LogP contribution in [0.25, 0.3) is 11.1 Å². The van der Waals surface area contributed by atoms with E-state index in [4.69, 9.17) is 9.47 Å². The first-order valence-electron chi connectivity index (χ1n) is 11.3. The Morgan fingerprint density at radius 1 is 1.03 bits per heavy atom. The third kappa shape index (κ3) is 6.29. The van der Waals surface area contributed by atoms with Crippen LogP contribution in [-0.4, -0.2) is 59.6 Å². The van der Waals surface area contributed by atoms with E-state index in [1.54, 1.807) is 74.8 Å². The molecule has 2 N–H and O–H groups in total. The summed E-state index contributed by atoms with van der Waals surface area (Å²) in [6.45, 7) is 1.67. The number of anilines is 1. The lowest BCUT2D eigenvalue weighted by Crippen LogP contribution is -2.21. The van der Waals surface area contributed by atoms with E-state index in [1.165, 1.54) is 12.0 Å². The molecule has 1 heterocycles. The van der Waals surface area contributed by atoms with Gasteiger partial charge in [-0.3, -0.25) is 9.52 Å². The predicted octanol–water partition coefficient (Wildman–Crippen LogP) is 4.03. The number of rotatable bonds is 8. The number of carbonyl (C=O) groups is 1. The van der Waals surface area contributed by atoms with Gasteiger partial charge in [0.1, 0.15) is 22.5 Å². The highest BCUT2D eigenvalue weighted by atomic mass is 35.5. The number of hydrogen-bond acceptors (Lipinski definition) is 6. The Kier molecular flexibility index (Phi) is 8.84. The van der Waals surface area contributed by atoms with Crippen molar-refractivity contribution in [1.82, 2.24) is 10.2 Å². The van der Waals surface area contributed by atoms with Crippen LogP contribution in [0.4, 0.5) is 5.69 Å². The average molecular weight is 532 g/mol. The summed E-state index contributed by atoms with van der Waals surface area (Å²) in [5, 5.41) is 3.24. The number of nitrogens with zero attached hydrogens (tertiary/aromatic N) is 1. The molecule has 0 aliphatic carbocycles. The number of halogens is 1. The Labute approximate surface area is 218 Å². The molecule has 3 aromatic rings. The maximum atomic E-state index is 13.4. The highest BCUT2D eigenvalue weighted by Crippen LogP contribution is 2.32. The van der Waals surface area contributed by atoms with Gasteiger partial charge in [-0.1, -0.05) is 24.3 Å². The van der Waals surface area contributed by atoms with E-state index in [0.717, 1.165) is 25.1 Å². The Balaban J connectivity index is 0.00000361. The normalized spacial score (nSPS) is 15.0. The van der Waals surface area contributed by atoms with Crippen molar-refractivity contribution in [2.45, 2.75) is 17.4 Å². The van der Waals surface area contributed by atoms with Crippen LogP contribution in [0.15, 0.2) is 71.6 Å². The second kappa shape index (κ2) is 11.6. The number of amides is 1. The average Bonchev–Trinajstić information content (AvgIpc) is 3.36. The maximum Gasteiger partial charge on any atom is 0.265 e. The van der Waals surface area contributed by atoms with Crippen LogP contribution < -0.4 is 19.5 Å². The largest absolute Gasteiger partial charge is 0.495 e. The molecule has 0 aromatic heterocycles. The summed E-state index contributed by atoms with van der Waals surface area (Å²) in [6, 6.07) is 18.9. The Hall–Kier alpha value is -3.27. The molecular formula is C26H30ClN3O5S. The van der Waals surface area contributed by atoms with Crippen LogP contribution in [0.5, 0.6) is 11.5 Å². The second-order valence-corrected chi connectivity index (χ2v) is 10.2. The zero-order valence-corrected chi connectivity index (χ0v) is 22.0. The lowest BCUT2D eigenvalue weighted by molar-refractivity contribution is 0.0827. The van der Waals surface area contributed by atoms with Crippen molar-refractivity contribution in [3.05, 3.63) is 72.3 Å². The Bertz CT molecular complexity index is 1320. The second-order valence-electron chi connectivity index (χ2n) is 8.51. The van der Waals surface area contributed by atoms with Crippen molar-refractivity contribution in [2.24, 2.45) is 0 Å². The summed E-state index contributed by atoms with van der Waals surface area (Å²) in [7, 11) is 0.804. The third-order valence-electron chi connectivity index (χ3n) is 5.71. The first-order chi connectivity index (χ1) is 16.8. The highest BCUT2D eigenvalue weighted by molar-refractivity contribution is 7.92. The molecule has 10 heteroatoms. The summed E-state index contributed by atoms with van der Waals surface area (Å²) in [4.78, 5) is 13.9. The van der Waals surface area contributed by atoms with E-state index in [2.05, 4.69) is 10.0 Å². The van der Waals surface area contributed by atoms with Gasteiger partial charge in [0.15, 0.2) is 0 Å². The van der Waals surface area contributed by atoms with Crippen LogP contribution in [0.2, 0.25) is 0 Å². The summed E-state index contributed by atoms with van der Waals surface area (Å²) in [6.07, 6.45) is 0.968. The van der Waals surface area contributed by atoms with Crippen LogP contribution in [-0.2, 0) is 10.0 Å². The number of methoxy groups -OCH3 is 1. The number of hydrogen-bond donors (Lipinski definition) is 2. The molecule has 1 fully saturated rings. The van der Waals surface area contributed by atoms with Gasteiger partial charge >= 0.3 is 0 Å². The van der Waals surface area contributed by atoms with Gasteiger partial charge in [0, 0.05) is 32.3 Å². The minimum atomic E-state index is -3.99. The molecular weight excluding hydrogens is 502 g/mol. The molecule has 1 amide bonds. The molecule has 36 heavy (non-hydrogen) atoms. The molecule has 0 spiro atoms. The first-order valence-corrected chi connectivity index (χ1v) is 12.8. The van der Waals surface area contributed by atoms with Crippen molar-refractivity contribution < 1.29 is 22.7 Å². The minimum Gasteiger partial charge on any atom is -0.495 e. The van der Waals surface area contributed by atoms with E-state index >= 15 is 0 Å². The molecule has 0 saturated carbocycles. The van der Waals surface area contributed by atoms with Gasteiger partial charge in [0.25, 0.3) is 15.9 Å². The van der Waals surface area contributed by atoms with Gasteiger partial charge < -0.3 is 19.7 Å². The lowest BCUT2D eigenvalue weighted by atomic mass is 10.0. The summed E-state index contributed by atoms with van der Waals surface area (Å²) in [5.74, 6) is 0.679. The number of nitrogens with one attached hydrogen (secondary N) is 2. The van der Waals surface area contributed by atoms with Gasteiger partial charge in [0.2, 0.25) is 0 Å². The molecule has 1 atom stereocenters. The zero-order valence-electron chi connectivity index (χ0n) is 20.4. The lowest BCUT2D eigenvalue weighted by Gasteiger charge is -2.16. The first kappa shape index (κ1) is 27.3. The fraction of sp³-hybridized carbons (Fsp3) is 0.269. The predicted molar refractivity (Wildman–Crippen MR) is 143 cm³/mol. The number of ether oxygens (including phenoxy) is 2. The number of sulfonamides is 1. The molecule has 1 aliphatic heterocycles. The van der Waals surface area contributed by atoms with Crippen molar-refractivity contribution in [3.8, 4) is 22.6 Å². The van der Waals surface area contributed by atoms with Gasteiger partial charge in [-0.15, -0.1) is 12.4 Å². The quantitative estimate of drug-likeness (QED) is 0.455. The van der Waals surface area contributed by atoms with Gasteiger partial charge in [-0.25, -0.2) is 8.42 Å². The molecule has 0 bridgehead atoms. The van der Waals surface area contributed by atoms with E-state index in [-0.39, 0.29) is 35.1 Å². The molecule has 1 aliphatic rings. The monoisotopic (exact) mass is 531 g/mol. The van der Waals surface area contributed by atoms with Gasteiger partial charge in [0.05, 0.1) is 12.8 Å². The summed E-state index contributed by atoms with van der Waals surface area (Å²) in [5.41, 5.74) is 2.27. The van der Waals surface area contributed by atoms with Crippen LogP contribution in [0.3, 0.4) is 0 Å². The van der Waals surface area contributed by atoms with E-state index in [9.17, 15) is 13.2 Å². The van der Waals surface area contributed by atoms with E-state index in [0.29, 0.717) is 22.6 Å². The summed E-state index contributed by atoms with van der Waals surface area (Å²) >= 11 is 0. The maximum absolute atomic E-state index is 13.4. The Morgan fingerprint density at radius 3 is 2.47 bits per heavy atom. The number of benzene rings is 3. The van der Waals surface area contributed by atoms with E-state index < -0.39 is 10.0 Å². The fourth-order valence-corrected chi connectivity index (χ4v) is 5.17. The van der Waals surface area contributed by atoms with Gasteiger partial charge in [-0.2, -0.15) is 0 Å².